The Morgan fingerprint density at radius 2 is 2.14 bits per heavy atom. The third-order valence-electron chi connectivity index (χ3n) is 3.32. The van der Waals surface area contributed by atoms with E-state index < -0.39 is 0 Å². The number of fused-ring (bicyclic) bond motifs is 1. The smallest absolute Gasteiger partial charge is 0.240 e. The number of nitrogens with zero attached hydrogens (tertiary/aromatic N) is 2. The van der Waals surface area contributed by atoms with Crippen molar-refractivity contribution in [3.8, 4) is 0 Å². The van der Waals surface area contributed by atoms with Crippen LogP contribution in [-0.4, -0.2) is 29.1 Å². The number of aromatic nitrogens is 1. The lowest BCUT2D eigenvalue weighted by atomic mass is 10.2. The van der Waals surface area contributed by atoms with Gasteiger partial charge in [0.25, 0.3) is 0 Å². The molecule has 0 saturated heterocycles. The molecule has 1 N–H and O–H groups in total. The highest BCUT2D eigenvalue weighted by Crippen LogP contribution is 2.34. The van der Waals surface area contributed by atoms with E-state index in [4.69, 9.17) is 0 Å². The number of pyridine rings is 1. The molecule has 0 unspecified atom stereocenters. The lowest BCUT2D eigenvalue weighted by molar-refractivity contribution is -0.123. The Bertz CT molecular complexity index is 691. The van der Waals surface area contributed by atoms with Gasteiger partial charge in [0, 0.05) is 23.8 Å². The number of carbonyl (C=O) groups is 2. The number of thioether (sulfide) groups is 1. The van der Waals surface area contributed by atoms with Gasteiger partial charge in [-0.15, -0.1) is 11.8 Å². The maximum absolute atomic E-state index is 12.1. The van der Waals surface area contributed by atoms with E-state index in [-0.39, 0.29) is 18.4 Å². The number of benzene rings is 1. The molecule has 2 aromatic rings. The molecule has 3 rings (SSSR count). The van der Waals surface area contributed by atoms with E-state index >= 15 is 0 Å². The van der Waals surface area contributed by atoms with Crippen LogP contribution < -0.4 is 10.2 Å². The van der Waals surface area contributed by atoms with Gasteiger partial charge in [0.05, 0.1) is 11.4 Å². The van der Waals surface area contributed by atoms with Gasteiger partial charge in [-0.3, -0.25) is 14.6 Å². The molecule has 0 radical (unpaired) electrons. The molecule has 0 fully saturated rings. The summed E-state index contributed by atoms with van der Waals surface area (Å²) in [5.74, 6) is 0.145. The molecule has 22 heavy (non-hydrogen) atoms. The average Bonchev–Trinajstić information content (AvgIpc) is 2.56. The summed E-state index contributed by atoms with van der Waals surface area (Å²) in [7, 11) is 0. The van der Waals surface area contributed by atoms with E-state index in [1.807, 2.05) is 36.4 Å². The van der Waals surface area contributed by atoms with Crippen LogP contribution in [0.2, 0.25) is 0 Å². The van der Waals surface area contributed by atoms with Gasteiger partial charge in [-0.2, -0.15) is 0 Å². The van der Waals surface area contributed by atoms with Crippen LogP contribution in [0.3, 0.4) is 0 Å². The summed E-state index contributed by atoms with van der Waals surface area (Å²) in [4.78, 5) is 30.8. The number of anilines is 1. The van der Waals surface area contributed by atoms with Gasteiger partial charge in [-0.25, -0.2) is 0 Å². The molecule has 6 heteroatoms. The fourth-order valence-electron chi connectivity index (χ4n) is 2.23. The lowest BCUT2D eigenvalue weighted by Gasteiger charge is -2.28. The molecule has 0 spiro atoms. The van der Waals surface area contributed by atoms with E-state index in [1.54, 1.807) is 17.3 Å². The first-order valence-electron chi connectivity index (χ1n) is 6.92. The van der Waals surface area contributed by atoms with Gasteiger partial charge in [-0.05, 0) is 23.8 Å². The van der Waals surface area contributed by atoms with Crippen molar-refractivity contribution in [3.05, 3.63) is 54.4 Å². The van der Waals surface area contributed by atoms with Gasteiger partial charge in [0.15, 0.2) is 0 Å². The van der Waals surface area contributed by atoms with Crippen LogP contribution in [-0.2, 0) is 16.1 Å². The van der Waals surface area contributed by atoms with Crippen molar-refractivity contribution in [3.63, 3.8) is 0 Å². The highest BCUT2D eigenvalue weighted by molar-refractivity contribution is 8.00. The fourth-order valence-corrected chi connectivity index (χ4v) is 3.17. The summed E-state index contributed by atoms with van der Waals surface area (Å²) in [5.41, 5.74) is 1.73. The van der Waals surface area contributed by atoms with E-state index in [0.717, 1.165) is 16.1 Å². The maximum atomic E-state index is 12.1. The monoisotopic (exact) mass is 313 g/mol. The Morgan fingerprint density at radius 3 is 2.95 bits per heavy atom. The van der Waals surface area contributed by atoms with Gasteiger partial charge >= 0.3 is 0 Å². The molecular formula is C16H15N3O2S. The Kier molecular flexibility index (Phi) is 4.39. The van der Waals surface area contributed by atoms with Crippen molar-refractivity contribution in [2.75, 3.05) is 17.2 Å². The van der Waals surface area contributed by atoms with Crippen molar-refractivity contribution >= 4 is 29.3 Å². The third-order valence-corrected chi connectivity index (χ3v) is 4.37. The summed E-state index contributed by atoms with van der Waals surface area (Å²) < 4.78 is 0. The van der Waals surface area contributed by atoms with Crippen molar-refractivity contribution in [2.24, 2.45) is 0 Å². The third kappa shape index (κ3) is 3.28. The Hall–Kier alpha value is -2.34. The van der Waals surface area contributed by atoms with Gasteiger partial charge in [0.1, 0.15) is 6.54 Å². The Morgan fingerprint density at radius 1 is 1.27 bits per heavy atom. The molecule has 1 aliphatic heterocycles. The Balaban J connectivity index is 1.65. The summed E-state index contributed by atoms with van der Waals surface area (Å²) in [6.45, 7) is 0.446. The first kappa shape index (κ1) is 14.6. The predicted octanol–water partition coefficient (Wildman–Crippen LogP) is 1.84. The molecule has 1 aromatic heterocycles. The van der Waals surface area contributed by atoms with E-state index in [1.165, 1.54) is 11.8 Å². The van der Waals surface area contributed by atoms with Crippen LogP contribution in [0.5, 0.6) is 0 Å². The highest BCUT2D eigenvalue weighted by Gasteiger charge is 2.25. The summed E-state index contributed by atoms with van der Waals surface area (Å²) in [6, 6.07) is 11.4. The molecule has 0 aliphatic carbocycles. The number of amides is 2. The molecule has 2 heterocycles. The van der Waals surface area contributed by atoms with Crippen molar-refractivity contribution < 1.29 is 9.59 Å². The van der Waals surface area contributed by atoms with E-state index in [0.29, 0.717) is 12.3 Å². The molecule has 5 nitrogen and oxygen atoms in total. The fraction of sp³-hybridized carbons (Fsp3) is 0.188. The van der Waals surface area contributed by atoms with Crippen LogP contribution in [0.1, 0.15) is 5.56 Å². The standard InChI is InChI=1S/C16H15N3O2S/c20-15(18-9-12-4-3-7-17-8-12)10-19-13-5-1-2-6-14(13)22-11-16(19)21/h1-8H,9-11H2,(H,18,20). The molecule has 0 saturated carbocycles. The summed E-state index contributed by atoms with van der Waals surface area (Å²) in [6.07, 6.45) is 3.39. The number of rotatable bonds is 4. The van der Waals surface area contributed by atoms with Crippen molar-refractivity contribution in [2.45, 2.75) is 11.4 Å². The molecule has 1 aromatic carbocycles. The second-order valence-corrected chi connectivity index (χ2v) is 5.89. The van der Waals surface area contributed by atoms with Gasteiger partial charge < -0.3 is 10.2 Å². The van der Waals surface area contributed by atoms with Gasteiger partial charge in [-0.1, -0.05) is 18.2 Å². The number of carbonyl (C=O) groups excluding carboxylic acids is 2. The highest BCUT2D eigenvalue weighted by atomic mass is 32.2. The zero-order valence-electron chi connectivity index (χ0n) is 11.9. The number of nitrogens with one attached hydrogen (secondary N) is 1. The molecule has 2 amide bonds. The second kappa shape index (κ2) is 6.62. The summed E-state index contributed by atoms with van der Waals surface area (Å²) in [5, 5.41) is 2.82. The first-order chi connectivity index (χ1) is 10.7. The van der Waals surface area contributed by atoms with Crippen molar-refractivity contribution in [1.29, 1.82) is 0 Å². The minimum absolute atomic E-state index is 0.0384. The lowest BCUT2D eigenvalue weighted by Crippen LogP contribution is -2.43. The maximum Gasteiger partial charge on any atom is 0.240 e. The van der Waals surface area contributed by atoms with Gasteiger partial charge in [0.2, 0.25) is 11.8 Å². The molecule has 0 bridgehead atoms. The quantitative estimate of drug-likeness (QED) is 0.935. The average molecular weight is 313 g/mol. The second-order valence-electron chi connectivity index (χ2n) is 4.87. The van der Waals surface area contributed by atoms with E-state index in [9.17, 15) is 9.59 Å². The number of hydrogen-bond donors (Lipinski definition) is 1. The number of hydrogen-bond acceptors (Lipinski definition) is 4. The minimum Gasteiger partial charge on any atom is -0.350 e. The SMILES string of the molecule is O=C(CN1C(=O)CSc2ccccc21)NCc1cccnc1. The zero-order valence-corrected chi connectivity index (χ0v) is 12.7. The minimum atomic E-state index is -0.182. The largest absolute Gasteiger partial charge is 0.350 e. The molecule has 112 valence electrons. The van der Waals surface area contributed by atoms with Crippen LogP contribution in [0, 0.1) is 0 Å². The number of para-hydroxylation sites is 1. The molecule has 0 atom stereocenters. The molecular weight excluding hydrogens is 298 g/mol. The molecule has 1 aliphatic rings. The van der Waals surface area contributed by atoms with E-state index in [2.05, 4.69) is 10.3 Å². The first-order valence-corrected chi connectivity index (χ1v) is 7.90. The van der Waals surface area contributed by atoms with Crippen molar-refractivity contribution in [1.82, 2.24) is 10.3 Å². The van der Waals surface area contributed by atoms with Crippen LogP contribution in [0.4, 0.5) is 5.69 Å². The van der Waals surface area contributed by atoms with Crippen LogP contribution >= 0.6 is 11.8 Å². The topological polar surface area (TPSA) is 62.3 Å². The normalized spacial score (nSPS) is 13.6. The van der Waals surface area contributed by atoms with Crippen LogP contribution in [0.15, 0.2) is 53.7 Å². The predicted molar refractivity (Wildman–Crippen MR) is 85.6 cm³/mol. The summed E-state index contributed by atoms with van der Waals surface area (Å²) >= 11 is 1.51. The zero-order chi connectivity index (χ0) is 15.4. The Labute approximate surface area is 132 Å². The van der Waals surface area contributed by atoms with Crippen LogP contribution in [0.25, 0.3) is 0 Å².